The SMILES string of the molecule is COc1c(C)cc(S(=O)(=O)NCCC(C)N)cc1C. The molecule has 1 aromatic carbocycles. The van der Waals surface area contributed by atoms with Crippen molar-refractivity contribution in [1.29, 1.82) is 0 Å². The maximum Gasteiger partial charge on any atom is 0.240 e. The molecule has 0 heterocycles. The van der Waals surface area contributed by atoms with E-state index in [0.717, 1.165) is 16.9 Å². The lowest BCUT2D eigenvalue weighted by Gasteiger charge is -2.13. The normalized spacial score (nSPS) is 13.3. The van der Waals surface area contributed by atoms with E-state index in [0.29, 0.717) is 13.0 Å². The molecular weight excluding hydrogens is 264 g/mol. The van der Waals surface area contributed by atoms with Gasteiger partial charge in [0.15, 0.2) is 0 Å². The zero-order chi connectivity index (χ0) is 14.6. The second kappa shape index (κ2) is 6.36. The van der Waals surface area contributed by atoms with Crippen LogP contribution in [0.3, 0.4) is 0 Å². The zero-order valence-corrected chi connectivity index (χ0v) is 12.7. The topological polar surface area (TPSA) is 81.4 Å². The summed E-state index contributed by atoms with van der Waals surface area (Å²) in [7, 11) is -1.91. The number of benzene rings is 1. The fourth-order valence-electron chi connectivity index (χ4n) is 1.89. The summed E-state index contributed by atoms with van der Waals surface area (Å²) >= 11 is 0. The summed E-state index contributed by atoms with van der Waals surface area (Å²) in [6.45, 7) is 5.83. The number of hydrogen-bond donors (Lipinski definition) is 2. The van der Waals surface area contributed by atoms with Crippen LogP contribution in [0.2, 0.25) is 0 Å². The van der Waals surface area contributed by atoms with Gasteiger partial charge in [0.1, 0.15) is 5.75 Å². The van der Waals surface area contributed by atoms with Crippen molar-refractivity contribution in [3.8, 4) is 5.75 Å². The van der Waals surface area contributed by atoms with E-state index in [1.807, 2.05) is 20.8 Å². The molecule has 0 saturated carbocycles. The quantitative estimate of drug-likeness (QED) is 0.826. The standard InChI is InChI=1S/C13H22N2O3S/c1-9-7-12(8-10(2)13(9)18-4)19(16,17)15-6-5-11(3)14/h7-8,11,15H,5-6,14H2,1-4H3. The van der Waals surface area contributed by atoms with Crippen molar-refractivity contribution in [2.75, 3.05) is 13.7 Å². The van der Waals surface area contributed by atoms with Crippen LogP contribution in [0.5, 0.6) is 5.75 Å². The van der Waals surface area contributed by atoms with Gasteiger partial charge in [0.25, 0.3) is 0 Å². The zero-order valence-electron chi connectivity index (χ0n) is 11.9. The highest BCUT2D eigenvalue weighted by Gasteiger charge is 2.16. The maximum absolute atomic E-state index is 12.1. The number of ether oxygens (including phenoxy) is 1. The van der Waals surface area contributed by atoms with Gasteiger partial charge in [0.05, 0.1) is 12.0 Å². The van der Waals surface area contributed by atoms with Crippen LogP contribution in [0.25, 0.3) is 0 Å². The van der Waals surface area contributed by atoms with E-state index in [4.69, 9.17) is 10.5 Å². The Hall–Kier alpha value is -1.11. The molecule has 0 fully saturated rings. The molecule has 0 aliphatic heterocycles. The van der Waals surface area contributed by atoms with Crippen molar-refractivity contribution < 1.29 is 13.2 Å². The van der Waals surface area contributed by atoms with E-state index >= 15 is 0 Å². The Bertz CT molecular complexity index is 516. The fraction of sp³-hybridized carbons (Fsp3) is 0.538. The summed E-state index contributed by atoms with van der Waals surface area (Å²) in [6.07, 6.45) is 0.605. The van der Waals surface area contributed by atoms with Crippen LogP contribution in [-0.4, -0.2) is 28.1 Å². The molecular formula is C13H22N2O3S. The number of aryl methyl sites for hydroxylation is 2. The van der Waals surface area contributed by atoms with Gasteiger partial charge < -0.3 is 10.5 Å². The van der Waals surface area contributed by atoms with E-state index < -0.39 is 10.0 Å². The van der Waals surface area contributed by atoms with Crippen LogP contribution in [-0.2, 0) is 10.0 Å². The predicted octanol–water partition coefficient (Wildman–Crippen LogP) is 1.33. The number of nitrogens with one attached hydrogen (secondary N) is 1. The van der Waals surface area contributed by atoms with Crippen molar-refractivity contribution in [2.45, 2.75) is 38.1 Å². The molecule has 0 radical (unpaired) electrons. The van der Waals surface area contributed by atoms with Crippen LogP contribution in [0.15, 0.2) is 17.0 Å². The average molecular weight is 286 g/mol. The van der Waals surface area contributed by atoms with E-state index in [1.165, 1.54) is 0 Å². The molecule has 1 aromatic rings. The minimum atomic E-state index is -3.49. The molecule has 0 aliphatic rings. The summed E-state index contributed by atoms with van der Waals surface area (Å²) in [4.78, 5) is 0.257. The molecule has 0 spiro atoms. The van der Waals surface area contributed by atoms with Gasteiger partial charge in [-0.2, -0.15) is 0 Å². The minimum Gasteiger partial charge on any atom is -0.496 e. The minimum absolute atomic E-state index is 0.0259. The van der Waals surface area contributed by atoms with Crippen LogP contribution in [0.1, 0.15) is 24.5 Å². The highest BCUT2D eigenvalue weighted by Crippen LogP contribution is 2.26. The molecule has 6 heteroatoms. The summed E-state index contributed by atoms with van der Waals surface area (Å²) in [5, 5.41) is 0. The first kappa shape index (κ1) is 15.9. The van der Waals surface area contributed by atoms with Gasteiger partial charge in [-0.15, -0.1) is 0 Å². The monoisotopic (exact) mass is 286 g/mol. The predicted molar refractivity (Wildman–Crippen MR) is 75.9 cm³/mol. The second-order valence-corrected chi connectivity index (χ2v) is 6.52. The lowest BCUT2D eigenvalue weighted by atomic mass is 10.1. The molecule has 1 atom stereocenters. The van der Waals surface area contributed by atoms with Gasteiger partial charge in [-0.1, -0.05) is 0 Å². The van der Waals surface area contributed by atoms with Crippen LogP contribution in [0, 0.1) is 13.8 Å². The fourth-order valence-corrected chi connectivity index (χ4v) is 3.11. The third kappa shape index (κ3) is 4.19. The highest BCUT2D eigenvalue weighted by atomic mass is 32.2. The molecule has 0 aliphatic carbocycles. The Labute approximate surface area is 115 Å². The maximum atomic E-state index is 12.1. The Morgan fingerprint density at radius 1 is 1.32 bits per heavy atom. The third-order valence-corrected chi connectivity index (χ3v) is 4.28. The second-order valence-electron chi connectivity index (χ2n) is 4.75. The van der Waals surface area contributed by atoms with Crippen LogP contribution >= 0.6 is 0 Å². The van der Waals surface area contributed by atoms with E-state index in [9.17, 15) is 8.42 Å². The molecule has 19 heavy (non-hydrogen) atoms. The lowest BCUT2D eigenvalue weighted by molar-refractivity contribution is 0.408. The first-order valence-corrected chi connectivity index (χ1v) is 7.66. The van der Waals surface area contributed by atoms with Gasteiger partial charge in [-0.25, -0.2) is 13.1 Å². The molecule has 1 rings (SSSR count). The number of sulfonamides is 1. The van der Waals surface area contributed by atoms with Gasteiger partial charge in [-0.05, 0) is 50.5 Å². The smallest absolute Gasteiger partial charge is 0.240 e. The largest absolute Gasteiger partial charge is 0.496 e. The molecule has 108 valence electrons. The Morgan fingerprint density at radius 2 is 1.84 bits per heavy atom. The van der Waals surface area contributed by atoms with Gasteiger partial charge in [0, 0.05) is 12.6 Å². The summed E-state index contributed by atoms with van der Waals surface area (Å²) < 4.78 is 32.0. The Kier molecular flexibility index (Phi) is 5.34. The van der Waals surface area contributed by atoms with Crippen LogP contribution < -0.4 is 15.2 Å². The van der Waals surface area contributed by atoms with Crippen molar-refractivity contribution in [3.63, 3.8) is 0 Å². The molecule has 0 amide bonds. The average Bonchev–Trinajstić information content (AvgIpc) is 2.27. The van der Waals surface area contributed by atoms with E-state index in [2.05, 4.69) is 4.72 Å². The number of nitrogens with two attached hydrogens (primary N) is 1. The molecule has 0 aromatic heterocycles. The van der Waals surface area contributed by atoms with Gasteiger partial charge in [0.2, 0.25) is 10.0 Å². The van der Waals surface area contributed by atoms with Gasteiger partial charge in [-0.3, -0.25) is 0 Å². The van der Waals surface area contributed by atoms with Crippen LogP contribution in [0.4, 0.5) is 0 Å². The summed E-state index contributed by atoms with van der Waals surface area (Å²) in [5.74, 6) is 0.717. The number of rotatable bonds is 6. The molecule has 1 unspecified atom stereocenters. The van der Waals surface area contributed by atoms with Crippen molar-refractivity contribution in [3.05, 3.63) is 23.3 Å². The number of methoxy groups -OCH3 is 1. The Balaban J connectivity index is 2.96. The Morgan fingerprint density at radius 3 is 2.26 bits per heavy atom. The third-order valence-electron chi connectivity index (χ3n) is 2.84. The van der Waals surface area contributed by atoms with E-state index in [-0.39, 0.29) is 10.9 Å². The van der Waals surface area contributed by atoms with Crippen molar-refractivity contribution in [2.24, 2.45) is 5.73 Å². The van der Waals surface area contributed by atoms with Crippen molar-refractivity contribution in [1.82, 2.24) is 4.72 Å². The highest BCUT2D eigenvalue weighted by molar-refractivity contribution is 7.89. The molecule has 5 nitrogen and oxygen atoms in total. The first-order valence-electron chi connectivity index (χ1n) is 6.18. The van der Waals surface area contributed by atoms with Gasteiger partial charge >= 0.3 is 0 Å². The molecule has 3 N–H and O–H groups in total. The lowest BCUT2D eigenvalue weighted by Crippen LogP contribution is -2.29. The summed E-state index contributed by atoms with van der Waals surface area (Å²) in [6, 6.07) is 3.20. The number of hydrogen-bond acceptors (Lipinski definition) is 4. The molecule has 0 bridgehead atoms. The summed E-state index contributed by atoms with van der Waals surface area (Å²) in [5.41, 5.74) is 7.20. The van der Waals surface area contributed by atoms with Crippen molar-refractivity contribution >= 4 is 10.0 Å². The van der Waals surface area contributed by atoms with E-state index in [1.54, 1.807) is 19.2 Å². The first-order chi connectivity index (χ1) is 8.77. The molecule has 0 saturated heterocycles.